The molecular formula is C21H24F8N6O4S2. The van der Waals surface area contributed by atoms with Crippen LogP contribution in [-0.2, 0) is 14.8 Å². The van der Waals surface area contributed by atoms with Gasteiger partial charge < -0.3 is 9.64 Å². The van der Waals surface area contributed by atoms with Gasteiger partial charge in [-0.2, -0.15) is 40.2 Å². The summed E-state index contributed by atoms with van der Waals surface area (Å²) in [6, 6.07) is 0.0175. The van der Waals surface area contributed by atoms with E-state index in [0.29, 0.717) is 25.1 Å². The number of carbonyl (C=O) groups excluding carboxylic acids is 1. The summed E-state index contributed by atoms with van der Waals surface area (Å²) in [4.78, 5) is 13.5. The maximum absolute atomic E-state index is 12.9. The van der Waals surface area contributed by atoms with E-state index in [-0.39, 0.29) is 17.4 Å². The van der Waals surface area contributed by atoms with Gasteiger partial charge in [-0.1, -0.05) is 24.3 Å². The number of allylic oxidation sites excluding steroid dienone is 3. The molecule has 10 nitrogen and oxygen atoms in total. The van der Waals surface area contributed by atoms with E-state index in [9.17, 15) is 48.3 Å². The van der Waals surface area contributed by atoms with E-state index in [0.717, 1.165) is 18.2 Å². The van der Waals surface area contributed by atoms with Crippen molar-refractivity contribution in [2.45, 2.75) is 64.5 Å². The molecule has 1 unspecified atom stereocenters. The summed E-state index contributed by atoms with van der Waals surface area (Å²) in [5.41, 5.74) is 0.879. The largest absolute Gasteiger partial charge is 0.501 e. The lowest BCUT2D eigenvalue weighted by Gasteiger charge is -2.39. The normalized spacial score (nSPS) is 19.8. The van der Waals surface area contributed by atoms with Crippen LogP contribution in [0.5, 0.6) is 0 Å². The first-order chi connectivity index (χ1) is 18.8. The minimum atomic E-state index is -6.18. The molecule has 1 aromatic heterocycles. The first-order valence-electron chi connectivity index (χ1n) is 11.6. The highest BCUT2D eigenvalue weighted by Gasteiger charge is 2.62. The highest BCUT2D eigenvalue weighted by atomic mass is 32.2. The first-order valence-corrected chi connectivity index (χ1v) is 14.1. The second kappa shape index (κ2) is 13.2. The average molecular weight is 641 g/mol. The highest BCUT2D eigenvalue weighted by Crippen LogP contribution is 2.37. The second-order valence-electron chi connectivity index (χ2n) is 8.49. The van der Waals surface area contributed by atoms with Gasteiger partial charge in [-0.3, -0.25) is 4.72 Å². The fourth-order valence-corrected chi connectivity index (χ4v) is 5.01. The van der Waals surface area contributed by atoms with Gasteiger partial charge in [0.2, 0.25) is 15.0 Å². The van der Waals surface area contributed by atoms with Crippen LogP contribution in [0.15, 0.2) is 45.5 Å². The zero-order valence-corrected chi connectivity index (χ0v) is 23.2. The first kappa shape index (κ1) is 34.0. The maximum Gasteiger partial charge on any atom is 0.501 e. The van der Waals surface area contributed by atoms with Crippen molar-refractivity contribution in [1.82, 2.24) is 19.8 Å². The minimum absolute atomic E-state index is 0.0175. The average Bonchev–Trinajstić information content (AvgIpc) is 3.28. The molecule has 1 N–H and O–H groups in total. The molecule has 2 heterocycles. The molecule has 0 aliphatic carbocycles. The zero-order valence-electron chi connectivity index (χ0n) is 21.6. The van der Waals surface area contributed by atoms with Crippen LogP contribution in [0.25, 0.3) is 0 Å². The third-order valence-corrected chi connectivity index (χ3v) is 7.26. The molecule has 230 valence electrons. The predicted molar refractivity (Wildman–Crippen MR) is 129 cm³/mol. The number of hydrogen-bond donors (Lipinski definition) is 1. The topological polar surface area (TPSA) is 126 Å². The number of halogens is 8. The quantitative estimate of drug-likeness (QED) is 0.189. The molecule has 0 amide bonds. The zero-order chi connectivity index (χ0) is 31.2. The number of alkyl halides is 8. The van der Waals surface area contributed by atoms with Crippen LogP contribution in [0.1, 0.15) is 49.8 Å². The summed E-state index contributed by atoms with van der Waals surface area (Å²) in [5, 5.41) is 11.7. The minimum Gasteiger partial charge on any atom is -0.388 e. The summed E-state index contributed by atoms with van der Waals surface area (Å²) in [5.74, 6) is -4.36. The molecule has 1 saturated heterocycles. The van der Waals surface area contributed by atoms with Crippen LogP contribution in [0.4, 0.5) is 40.3 Å². The SMILES string of the molecule is C/C=C1/CCC(C)N(CCC)/C1=C/C(=C/N=Nc1nnc(C(=O)OC(F)(F)C(F)(F)F)s1)NS(=O)(=O)CC(F)(F)F. The fraction of sp³-hybridized carbons (Fsp3) is 0.571. The van der Waals surface area contributed by atoms with Crippen LogP contribution in [-0.4, -0.2) is 66.3 Å². The van der Waals surface area contributed by atoms with Gasteiger partial charge in [0.25, 0.3) is 5.13 Å². The number of azo groups is 1. The fourth-order valence-electron chi connectivity index (χ4n) is 3.49. The number of nitrogens with zero attached hydrogens (tertiary/aromatic N) is 5. The summed E-state index contributed by atoms with van der Waals surface area (Å²) < 4.78 is 130. The van der Waals surface area contributed by atoms with Crippen LogP contribution in [0.3, 0.4) is 0 Å². The molecule has 1 fully saturated rings. The van der Waals surface area contributed by atoms with Gasteiger partial charge in [0.15, 0.2) is 5.75 Å². The number of likely N-dealkylation sites (tertiary alicyclic amines) is 1. The van der Waals surface area contributed by atoms with E-state index in [1.165, 1.54) is 6.08 Å². The second-order valence-corrected chi connectivity index (χ2v) is 11.2. The van der Waals surface area contributed by atoms with Gasteiger partial charge in [0.05, 0.1) is 11.9 Å². The molecule has 1 aromatic rings. The Kier molecular flexibility index (Phi) is 11.0. The van der Waals surface area contributed by atoms with Gasteiger partial charge in [0.1, 0.15) is 0 Å². The monoisotopic (exact) mass is 640 g/mol. The molecule has 0 saturated carbocycles. The van der Waals surface area contributed by atoms with E-state index in [2.05, 4.69) is 25.2 Å². The van der Waals surface area contributed by atoms with Crippen LogP contribution in [0, 0.1) is 0 Å². The number of ether oxygens (including phenoxy) is 1. The lowest BCUT2D eigenvalue weighted by Crippen LogP contribution is -2.40. The van der Waals surface area contributed by atoms with Crippen molar-refractivity contribution in [3.05, 3.63) is 40.3 Å². The molecule has 41 heavy (non-hydrogen) atoms. The van der Waals surface area contributed by atoms with Gasteiger partial charge in [-0.25, -0.2) is 13.2 Å². The molecule has 1 aliphatic heterocycles. The Morgan fingerprint density at radius 1 is 1.20 bits per heavy atom. The van der Waals surface area contributed by atoms with E-state index < -0.39 is 56.0 Å². The smallest absolute Gasteiger partial charge is 0.388 e. The molecule has 20 heteroatoms. The van der Waals surface area contributed by atoms with Crippen LogP contribution >= 0.6 is 11.3 Å². The number of piperidine rings is 1. The Balaban J connectivity index is 2.43. The Hall–Kier alpha value is -3.16. The van der Waals surface area contributed by atoms with E-state index in [1.54, 1.807) is 17.7 Å². The summed E-state index contributed by atoms with van der Waals surface area (Å²) in [6.45, 7) is 6.12. The Morgan fingerprint density at radius 2 is 1.85 bits per heavy atom. The van der Waals surface area contributed by atoms with Gasteiger partial charge in [-0.05, 0) is 44.8 Å². The van der Waals surface area contributed by atoms with E-state index in [1.807, 2.05) is 18.7 Å². The van der Waals surface area contributed by atoms with Gasteiger partial charge >= 0.3 is 24.4 Å². The lowest BCUT2D eigenvalue weighted by atomic mass is 9.94. The standard InChI is InChI=1S/C21H24F8N6O4S2/c1-4-8-35-12(3)6-7-13(5-2)15(35)9-14(34-41(37,38)11-19(22,23)24)10-30-32-18-33-31-16(40-18)17(36)39-21(28,29)20(25,26)27/h5,9-10,12,34H,4,6-8,11H2,1-3H3/b13-5-,14-10-,15-9+,32-30?. The summed E-state index contributed by atoms with van der Waals surface area (Å²) in [6.07, 6.45) is -11.2. The summed E-state index contributed by atoms with van der Waals surface area (Å²) >= 11 is 0.105. The Morgan fingerprint density at radius 3 is 2.41 bits per heavy atom. The summed E-state index contributed by atoms with van der Waals surface area (Å²) in [7, 11) is -4.97. The number of hydrogen-bond acceptors (Lipinski definition) is 10. The molecule has 0 radical (unpaired) electrons. The van der Waals surface area contributed by atoms with Crippen molar-refractivity contribution in [2.24, 2.45) is 10.2 Å². The van der Waals surface area contributed by atoms with Crippen molar-refractivity contribution in [2.75, 3.05) is 12.3 Å². The number of rotatable bonds is 10. The molecule has 0 aromatic carbocycles. The van der Waals surface area contributed by atoms with Crippen LogP contribution < -0.4 is 4.72 Å². The molecule has 0 bridgehead atoms. The van der Waals surface area contributed by atoms with Crippen molar-refractivity contribution >= 4 is 32.5 Å². The molecule has 0 spiro atoms. The van der Waals surface area contributed by atoms with Crippen molar-refractivity contribution < 1.29 is 53.1 Å². The van der Waals surface area contributed by atoms with Gasteiger partial charge in [0, 0.05) is 18.3 Å². The van der Waals surface area contributed by atoms with E-state index >= 15 is 0 Å². The number of nitrogens with one attached hydrogen (secondary N) is 1. The van der Waals surface area contributed by atoms with Gasteiger partial charge in [-0.15, -0.1) is 15.3 Å². The lowest BCUT2D eigenvalue weighted by molar-refractivity contribution is -0.370. The number of esters is 1. The highest BCUT2D eigenvalue weighted by molar-refractivity contribution is 7.89. The van der Waals surface area contributed by atoms with Crippen molar-refractivity contribution in [1.29, 1.82) is 0 Å². The van der Waals surface area contributed by atoms with E-state index in [4.69, 9.17) is 0 Å². The molecule has 1 aliphatic rings. The Bertz CT molecular complexity index is 1320. The number of carbonyl (C=O) groups is 1. The molecule has 2 rings (SSSR count). The number of aromatic nitrogens is 2. The molecular weight excluding hydrogens is 616 g/mol. The third-order valence-electron chi connectivity index (χ3n) is 5.21. The predicted octanol–water partition coefficient (Wildman–Crippen LogP) is 5.98. The van der Waals surface area contributed by atoms with Crippen molar-refractivity contribution in [3.8, 4) is 0 Å². The van der Waals surface area contributed by atoms with Crippen molar-refractivity contribution in [3.63, 3.8) is 0 Å². The Labute approximate surface area is 232 Å². The molecule has 1 atom stereocenters. The maximum atomic E-state index is 12.9. The number of sulfonamides is 1. The van der Waals surface area contributed by atoms with Crippen LogP contribution in [0.2, 0.25) is 0 Å². The third kappa shape index (κ3) is 10.0.